The standard InChI is InChI=1S/C15H21FN2O3/c1-10-2-5-12(16)6-14(10)18-15(20)17-7-13(19)9-21-8-11-3-4-11/h2,5-6,11,13,19H,3-4,7-9H2,1H3,(H2,17,18,20). The van der Waals surface area contributed by atoms with Crippen LogP contribution < -0.4 is 10.6 Å². The number of aryl methyl sites for hydroxylation is 1. The van der Waals surface area contributed by atoms with E-state index in [2.05, 4.69) is 10.6 Å². The predicted octanol–water partition coefficient (Wildman–Crippen LogP) is 2.04. The van der Waals surface area contributed by atoms with Crippen molar-refractivity contribution >= 4 is 11.7 Å². The number of benzene rings is 1. The van der Waals surface area contributed by atoms with Gasteiger partial charge in [-0.15, -0.1) is 0 Å². The largest absolute Gasteiger partial charge is 0.389 e. The number of carbonyl (C=O) groups excluding carboxylic acids is 1. The fourth-order valence-electron chi connectivity index (χ4n) is 1.82. The molecule has 1 saturated carbocycles. The van der Waals surface area contributed by atoms with E-state index in [-0.39, 0.29) is 13.2 Å². The summed E-state index contributed by atoms with van der Waals surface area (Å²) in [6, 6.07) is 3.69. The Bertz CT molecular complexity index is 492. The number of urea groups is 1. The zero-order valence-electron chi connectivity index (χ0n) is 12.1. The molecule has 1 aliphatic rings. The number of aliphatic hydroxyl groups excluding tert-OH is 1. The number of rotatable bonds is 7. The molecule has 0 bridgehead atoms. The Hall–Kier alpha value is -1.66. The van der Waals surface area contributed by atoms with Crippen molar-refractivity contribution in [2.75, 3.05) is 25.1 Å². The Morgan fingerprint density at radius 2 is 2.29 bits per heavy atom. The normalized spacial score (nSPS) is 15.6. The monoisotopic (exact) mass is 296 g/mol. The van der Waals surface area contributed by atoms with E-state index >= 15 is 0 Å². The van der Waals surface area contributed by atoms with Crippen molar-refractivity contribution in [2.24, 2.45) is 5.92 Å². The van der Waals surface area contributed by atoms with Crippen LogP contribution in [0, 0.1) is 18.7 Å². The maximum atomic E-state index is 13.1. The zero-order chi connectivity index (χ0) is 15.2. The fraction of sp³-hybridized carbons (Fsp3) is 0.533. The highest BCUT2D eigenvalue weighted by Gasteiger charge is 2.21. The highest BCUT2D eigenvalue weighted by molar-refractivity contribution is 5.90. The number of ether oxygens (including phenoxy) is 1. The van der Waals surface area contributed by atoms with Crippen molar-refractivity contribution in [1.82, 2.24) is 5.32 Å². The van der Waals surface area contributed by atoms with Crippen molar-refractivity contribution in [3.63, 3.8) is 0 Å². The fourth-order valence-corrected chi connectivity index (χ4v) is 1.82. The molecule has 0 spiro atoms. The summed E-state index contributed by atoms with van der Waals surface area (Å²) >= 11 is 0. The highest BCUT2D eigenvalue weighted by atomic mass is 19.1. The van der Waals surface area contributed by atoms with Crippen molar-refractivity contribution in [1.29, 1.82) is 0 Å². The Labute approximate surface area is 123 Å². The summed E-state index contributed by atoms with van der Waals surface area (Å²) in [6.45, 7) is 2.74. The van der Waals surface area contributed by atoms with Gasteiger partial charge in [-0.05, 0) is 43.4 Å². The quantitative estimate of drug-likeness (QED) is 0.721. The zero-order valence-corrected chi connectivity index (χ0v) is 12.1. The van der Waals surface area contributed by atoms with Crippen LogP contribution in [0.2, 0.25) is 0 Å². The third kappa shape index (κ3) is 5.69. The lowest BCUT2D eigenvalue weighted by atomic mass is 10.2. The molecular weight excluding hydrogens is 275 g/mol. The van der Waals surface area contributed by atoms with Crippen molar-refractivity contribution in [2.45, 2.75) is 25.9 Å². The van der Waals surface area contributed by atoms with Crippen molar-refractivity contribution < 1.29 is 19.0 Å². The van der Waals surface area contributed by atoms with E-state index in [4.69, 9.17) is 4.74 Å². The maximum Gasteiger partial charge on any atom is 0.319 e. The smallest absolute Gasteiger partial charge is 0.319 e. The number of aliphatic hydroxyl groups is 1. The minimum atomic E-state index is -0.747. The second-order valence-corrected chi connectivity index (χ2v) is 5.43. The van der Waals surface area contributed by atoms with Gasteiger partial charge in [0.1, 0.15) is 5.82 Å². The summed E-state index contributed by atoms with van der Waals surface area (Å²) < 4.78 is 18.4. The van der Waals surface area contributed by atoms with Crippen LogP contribution in [0.25, 0.3) is 0 Å². The SMILES string of the molecule is Cc1ccc(F)cc1NC(=O)NCC(O)COCC1CC1. The number of hydrogen-bond acceptors (Lipinski definition) is 3. The van der Waals surface area contributed by atoms with Crippen LogP contribution in [0.4, 0.5) is 14.9 Å². The molecular formula is C15H21FN2O3. The molecule has 2 amide bonds. The molecule has 1 unspecified atom stereocenters. The van der Waals surface area contributed by atoms with E-state index in [9.17, 15) is 14.3 Å². The van der Waals surface area contributed by atoms with Crippen LogP contribution in [-0.4, -0.2) is 37.0 Å². The first-order valence-corrected chi connectivity index (χ1v) is 7.11. The molecule has 0 heterocycles. The summed E-state index contributed by atoms with van der Waals surface area (Å²) in [7, 11) is 0. The van der Waals surface area contributed by atoms with Gasteiger partial charge in [0.2, 0.25) is 0 Å². The van der Waals surface area contributed by atoms with E-state index in [0.717, 1.165) is 5.56 Å². The average Bonchev–Trinajstić information content (AvgIpc) is 3.25. The summed E-state index contributed by atoms with van der Waals surface area (Å²) in [5, 5.41) is 14.7. The molecule has 0 aliphatic heterocycles. The van der Waals surface area contributed by atoms with Gasteiger partial charge in [-0.25, -0.2) is 9.18 Å². The molecule has 1 fully saturated rings. The predicted molar refractivity (Wildman–Crippen MR) is 77.7 cm³/mol. The molecule has 1 aliphatic carbocycles. The van der Waals surface area contributed by atoms with E-state index in [1.54, 1.807) is 13.0 Å². The first-order chi connectivity index (χ1) is 10.0. The average molecular weight is 296 g/mol. The van der Waals surface area contributed by atoms with Gasteiger partial charge in [-0.1, -0.05) is 6.07 Å². The van der Waals surface area contributed by atoms with Crippen LogP contribution in [0.5, 0.6) is 0 Å². The van der Waals surface area contributed by atoms with Crippen molar-refractivity contribution in [3.8, 4) is 0 Å². The first-order valence-electron chi connectivity index (χ1n) is 7.11. The van der Waals surface area contributed by atoms with Crippen molar-refractivity contribution in [3.05, 3.63) is 29.6 Å². The molecule has 5 nitrogen and oxygen atoms in total. The van der Waals surface area contributed by atoms with Gasteiger partial charge in [0, 0.05) is 18.8 Å². The minimum Gasteiger partial charge on any atom is -0.389 e. The molecule has 21 heavy (non-hydrogen) atoms. The third-order valence-corrected chi connectivity index (χ3v) is 3.31. The number of nitrogens with one attached hydrogen (secondary N) is 2. The molecule has 0 aromatic heterocycles. The van der Waals surface area contributed by atoms with Gasteiger partial charge in [0.25, 0.3) is 0 Å². The van der Waals surface area contributed by atoms with Crippen LogP contribution in [0.15, 0.2) is 18.2 Å². The molecule has 6 heteroatoms. The van der Waals surface area contributed by atoms with Crippen LogP contribution in [-0.2, 0) is 4.74 Å². The highest BCUT2D eigenvalue weighted by Crippen LogP contribution is 2.28. The van der Waals surface area contributed by atoms with Gasteiger partial charge < -0.3 is 20.5 Å². The lowest BCUT2D eigenvalue weighted by molar-refractivity contribution is 0.0339. The van der Waals surface area contributed by atoms with Crippen LogP contribution >= 0.6 is 0 Å². The number of carbonyl (C=O) groups is 1. The summed E-state index contributed by atoms with van der Waals surface area (Å²) in [6.07, 6.45) is 1.65. The number of anilines is 1. The Kier molecular flexibility index (Phi) is 5.52. The van der Waals surface area contributed by atoms with E-state index in [1.165, 1.54) is 25.0 Å². The minimum absolute atomic E-state index is 0.0882. The number of amides is 2. The summed E-state index contributed by atoms with van der Waals surface area (Å²) in [5.74, 6) is 0.230. The lowest BCUT2D eigenvalue weighted by Crippen LogP contribution is -2.37. The van der Waals surface area contributed by atoms with Crippen LogP contribution in [0.1, 0.15) is 18.4 Å². The topological polar surface area (TPSA) is 70.6 Å². The summed E-state index contributed by atoms with van der Waals surface area (Å²) in [5.41, 5.74) is 1.17. The van der Waals surface area contributed by atoms with Gasteiger partial charge in [-0.3, -0.25) is 0 Å². The van der Waals surface area contributed by atoms with E-state index in [1.807, 2.05) is 0 Å². The molecule has 1 aromatic carbocycles. The Morgan fingerprint density at radius 1 is 1.52 bits per heavy atom. The molecule has 3 N–H and O–H groups in total. The number of halogens is 1. The summed E-state index contributed by atoms with van der Waals surface area (Å²) in [4.78, 5) is 11.7. The maximum absolute atomic E-state index is 13.1. The van der Waals surface area contributed by atoms with Crippen LogP contribution in [0.3, 0.4) is 0 Å². The van der Waals surface area contributed by atoms with Gasteiger partial charge in [-0.2, -0.15) is 0 Å². The second kappa shape index (κ2) is 7.38. The molecule has 1 atom stereocenters. The van der Waals surface area contributed by atoms with E-state index in [0.29, 0.717) is 18.2 Å². The van der Waals surface area contributed by atoms with Gasteiger partial charge in [0.15, 0.2) is 0 Å². The lowest BCUT2D eigenvalue weighted by Gasteiger charge is -2.13. The van der Waals surface area contributed by atoms with Gasteiger partial charge in [0.05, 0.1) is 12.7 Å². The molecule has 116 valence electrons. The molecule has 0 radical (unpaired) electrons. The Morgan fingerprint density at radius 3 is 3.00 bits per heavy atom. The molecule has 0 saturated heterocycles. The van der Waals surface area contributed by atoms with Gasteiger partial charge >= 0.3 is 6.03 Å². The third-order valence-electron chi connectivity index (χ3n) is 3.31. The first kappa shape index (κ1) is 15.7. The Balaban J connectivity index is 1.67. The molecule has 2 rings (SSSR count). The second-order valence-electron chi connectivity index (χ2n) is 5.43. The number of hydrogen-bond donors (Lipinski definition) is 3. The van der Waals surface area contributed by atoms with E-state index < -0.39 is 18.0 Å². The molecule has 1 aromatic rings.